The highest BCUT2D eigenvalue weighted by Gasteiger charge is 2.52. The zero-order chi connectivity index (χ0) is 13.9. The number of hydrogen-bond acceptors (Lipinski definition) is 0. The summed E-state index contributed by atoms with van der Waals surface area (Å²) in [6.07, 6.45) is 16.1. The van der Waals surface area contributed by atoms with Crippen LogP contribution in [0.5, 0.6) is 0 Å². The Hall–Kier alpha value is -0.520. The predicted molar refractivity (Wildman–Crippen MR) is 85.2 cm³/mol. The lowest BCUT2D eigenvalue weighted by molar-refractivity contribution is 0.525. The van der Waals surface area contributed by atoms with E-state index in [0.717, 1.165) is 11.8 Å². The van der Waals surface area contributed by atoms with Gasteiger partial charge < -0.3 is 0 Å². The van der Waals surface area contributed by atoms with Crippen molar-refractivity contribution in [2.45, 2.75) is 79.1 Å². The average molecular weight is 260 g/mol. The fourth-order valence-corrected chi connectivity index (χ4v) is 3.51. The predicted octanol–water partition coefficient (Wildman–Crippen LogP) is 6.29. The maximum Gasteiger partial charge on any atom is 0.00764 e. The summed E-state index contributed by atoms with van der Waals surface area (Å²) in [6, 6.07) is 0. The van der Waals surface area contributed by atoms with Crippen LogP contribution in [0.1, 0.15) is 79.1 Å². The smallest absolute Gasteiger partial charge is 0.00764 e. The van der Waals surface area contributed by atoms with Gasteiger partial charge in [0.15, 0.2) is 0 Å². The second kappa shape index (κ2) is 6.29. The Morgan fingerprint density at radius 3 is 2.47 bits per heavy atom. The molecular formula is C19H32. The Morgan fingerprint density at radius 2 is 1.89 bits per heavy atom. The lowest BCUT2D eigenvalue weighted by Gasteiger charge is -2.13. The molecule has 0 heterocycles. The van der Waals surface area contributed by atoms with Crippen LogP contribution in [-0.2, 0) is 0 Å². The maximum atomic E-state index is 2.64. The molecular weight excluding hydrogens is 228 g/mol. The first-order valence-electron chi connectivity index (χ1n) is 8.52. The van der Waals surface area contributed by atoms with Crippen molar-refractivity contribution in [1.82, 2.24) is 0 Å². The molecule has 3 atom stereocenters. The highest BCUT2D eigenvalue weighted by molar-refractivity contribution is 5.42. The zero-order valence-corrected chi connectivity index (χ0v) is 13.5. The SMILES string of the molecule is CCC(C)CC=C1C(C=C2CCCCC2)C1(C)CC. The Kier molecular flexibility index (Phi) is 4.92. The quantitative estimate of drug-likeness (QED) is 0.510. The zero-order valence-electron chi connectivity index (χ0n) is 13.5. The van der Waals surface area contributed by atoms with E-state index in [2.05, 4.69) is 39.8 Å². The Bertz CT molecular complexity index is 352. The van der Waals surface area contributed by atoms with Crippen molar-refractivity contribution in [2.24, 2.45) is 17.3 Å². The van der Waals surface area contributed by atoms with Crippen LogP contribution in [0.4, 0.5) is 0 Å². The molecule has 0 amide bonds. The molecule has 19 heavy (non-hydrogen) atoms. The number of rotatable bonds is 5. The van der Waals surface area contributed by atoms with Crippen molar-refractivity contribution in [3.8, 4) is 0 Å². The van der Waals surface area contributed by atoms with Gasteiger partial charge in [-0.05, 0) is 49.9 Å². The van der Waals surface area contributed by atoms with Crippen molar-refractivity contribution < 1.29 is 0 Å². The summed E-state index contributed by atoms with van der Waals surface area (Å²) in [5.74, 6) is 1.62. The monoisotopic (exact) mass is 260 g/mol. The van der Waals surface area contributed by atoms with Crippen LogP contribution in [0.25, 0.3) is 0 Å². The molecule has 0 bridgehead atoms. The molecule has 0 aromatic carbocycles. The van der Waals surface area contributed by atoms with Gasteiger partial charge in [0, 0.05) is 5.92 Å². The second-order valence-electron chi connectivity index (χ2n) is 7.04. The molecule has 108 valence electrons. The molecule has 0 aliphatic heterocycles. The third kappa shape index (κ3) is 3.33. The van der Waals surface area contributed by atoms with Crippen molar-refractivity contribution in [3.05, 3.63) is 23.3 Å². The van der Waals surface area contributed by atoms with Gasteiger partial charge in [-0.15, -0.1) is 0 Å². The summed E-state index contributed by atoms with van der Waals surface area (Å²) in [4.78, 5) is 0. The second-order valence-corrected chi connectivity index (χ2v) is 7.04. The van der Waals surface area contributed by atoms with Gasteiger partial charge in [0.05, 0.1) is 0 Å². The fourth-order valence-electron chi connectivity index (χ4n) is 3.51. The van der Waals surface area contributed by atoms with E-state index in [1.54, 1.807) is 11.1 Å². The summed E-state index contributed by atoms with van der Waals surface area (Å²) in [7, 11) is 0. The van der Waals surface area contributed by atoms with E-state index in [1.165, 1.54) is 51.4 Å². The highest BCUT2D eigenvalue weighted by Crippen LogP contribution is 2.62. The van der Waals surface area contributed by atoms with Crippen molar-refractivity contribution in [3.63, 3.8) is 0 Å². The summed E-state index contributed by atoms with van der Waals surface area (Å²) in [5.41, 5.74) is 3.99. The van der Waals surface area contributed by atoms with Gasteiger partial charge in [-0.3, -0.25) is 0 Å². The Balaban J connectivity index is 2.03. The van der Waals surface area contributed by atoms with Gasteiger partial charge in [-0.1, -0.05) is 63.8 Å². The first kappa shape index (κ1) is 14.9. The van der Waals surface area contributed by atoms with Crippen LogP contribution >= 0.6 is 0 Å². The van der Waals surface area contributed by atoms with Crippen LogP contribution in [0.3, 0.4) is 0 Å². The summed E-state index contributed by atoms with van der Waals surface area (Å²) in [6.45, 7) is 9.50. The molecule has 0 radical (unpaired) electrons. The normalized spacial score (nSPS) is 34.4. The molecule has 2 fully saturated rings. The van der Waals surface area contributed by atoms with E-state index in [-0.39, 0.29) is 0 Å². The van der Waals surface area contributed by atoms with E-state index in [4.69, 9.17) is 0 Å². The van der Waals surface area contributed by atoms with E-state index >= 15 is 0 Å². The van der Waals surface area contributed by atoms with Gasteiger partial charge in [0.1, 0.15) is 0 Å². The average Bonchev–Trinajstić information content (AvgIpc) is 3.01. The molecule has 0 aromatic rings. The van der Waals surface area contributed by atoms with Crippen LogP contribution in [0.15, 0.2) is 23.3 Å². The lowest BCUT2D eigenvalue weighted by atomic mass is 9.92. The van der Waals surface area contributed by atoms with E-state index in [1.807, 2.05) is 0 Å². The molecule has 2 aliphatic rings. The molecule has 2 saturated carbocycles. The van der Waals surface area contributed by atoms with Gasteiger partial charge >= 0.3 is 0 Å². The molecule has 3 unspecified atom stereocenters. The topological polar surface area (TPSA) is 0 Å². The summed E-state index contributed by atoms with van der Waals surface area (Å²) < 4.78 is 0. The fraction of sp³-hybridized carbons (Fsp3) is 0.789. The summed E-state index contributed by atoms with van der Waals surface area (Å²) in [5, 5.41) is 0. The van der Waals surface area contributed by atoms with Gasteiger partial charge in [-0.25, -0.2) is 0 Å². The molecule has 2 aliphatic carbocycles. The number of allylic oxidation sites excluding steroid dienone is 4. The van der Waals surface area contributed by atoms with Crippen molar-refractivity contribution in [1.29, 1.82) is 0 Å². The van der Waals surface area contributed by atoms with Gasteiger partial charge in [0.25, 0.3) is 0 Å². The van der Waals surface area contributed by atoms with Crippen LogP contribution in [-0.4, -0.2) is 0 Å². The van der Waals surface area contributed by atoms with Crippen LogP contribution in [0.2, 0.25) is 0 Å². The lowest BCUT2D eigenvalue weighted by Crippen LogP contribution is -1.97. The highest BCUT2D eigenvalue weighted by atomic mass is 14.6. The first-order chi connectivity index (χ1) is 9.11. The van der Waals surface area contributed by atoms with Crippen LogP contribution in [0, 0.1) is 17.3 Å². The largest absolute Gasteiger partial charge is 0.0839 e. The molecule has 0 nitrogen and oxygen atoms in total. The van der Waals surface area contributed by atoms with Gasteiger partial charge in [-0.2, -0.15) is 0 Å². The maximum absolute atomic E-state index is 2.64. The van der Waals surface area contributed by atoms with Crippen molar-refractivity contribution in [2.75, 3.05) is 0 Å². The molecule has 0 heteroatoms. The van der Waals surface area contributed by atoms with Gasteiger partial charge in [0.2, 0.25) is 0 Å². The summed E-state index contributed by atoms with van der Waals surface area (Å²) >= 11 is 0. The minimum atomic E-state index is 0.498. The third-order valence-electron chi connectivity index (χ3n) is 5.67. The standard InChI is InChI=1S/C19H32/c1-5-15(3)12-13-17-18(19(17,4)6-2)14-16-10-8-7-9-11-16/h13-15,18H,5-12H2,1-4H3. The Labute approximate surface area is 120 Å². The third-order valence-corrected chi connectivity index (χ3v) is 5.67. The van der Waals surface area contributed by atoms with E-state index in [0.29, 0.717) is 5.41 Å². The first-order valence-corrected chi connectivity index (χ1v) is 8.52. The molecule has 2 rings (SSSR count). The van der Waals surface area contributed by atoms with E-state index < -0.39 is 0 Å². The number of hydrogen-bond donors (Lipinski definition) is 0. The van der Waals surface area contributed by atoms with Crippen molar-refractivity contribution >= 4 is 0 Å². The minimum absolute atomic E-state index is 0.498. The van der Waals surface area contributed by atoms with Crippen LogP contribution < -0.4 is 0 Å². The Morgan fingerprint density at radius 1 is 1.21 bits per heavy atom. The molecule has 0 aromatic heterocycles. The molecule has 0 spiro atoms. The minimum Gasteiger partial charge on any atom is -0.0839 e. The van der Waals surface area contributed by atoms with E-state index in [9.17, 15) is 0 Å². The molecule has 0 N–H and O–H groups in total. The molecule has 0 saturated heterocycles.